The summed E-state index contributed by atoms with van der Waals surface area (Å²) >= 11 is 0. The van der Waals surface area contributed by atoms with E-state index in [4.69, 9.17) is 0 Å². The maximum atomic E-state index is 11.6. The van der Waals surface area contributed by atoms with Gasteiger partial charge in [0.15, 0.2) is 0 Å². The van der Waals surface area contributed by atoms with E-state index in [1.807, 2.05) is 0 Å². The molecule has 0 aromatic carbocycles. The van der Waals surface area contributed by atoms with Gasteiger partial charge >= 0.3 is 0 Å². The number of aliphatic hydroxyl groups is 1. The summed E-state index contributed by atoms with van der Waals surface area (Å²) in [5, 5.41) is 9.66. The zero-order valence-electron chi connectivity index (χ0n) is 10.1. The highest BCUT2D eigenvalue weighted by Gasteiger charge is 2.24. The number of nitrogens with zero attached hydrogens (tertiary/aromatic N) is 1. The number of nitrogens with one attached hydrogen (secondary N) is 1. The Morgan fingerprint density at radius 2 is 1.93 bits per heavy atom. The third kappa shape index (κ3) is 4.92. The van der Waals surface area contributed by atoms with Crippen LogP contribution >= 0.6 is 0 Å². The van der Waals surface area contributed by atoms with Crippen molar-refractivity contribution in [2.75, 3.05) is 13.6 Å². The van der Waals surface area contributed by atoms with E-state index in [1.54, 1.807) is 27.7 Å². The van der Waals surface area contributed by atoms with Crippen LogP contribution in [0.3, 0.4) is 0 Å². The van der Waals surface area contributed by atoms with Gasteiger partial charge in [0.05, 0.1) is 5.60 Å². The molecule has 0 fully saturated rings. The Hall–Kier alpha value is -0.170. The lowest BCUT2D eigenvalue weighted by molar-refractivity contribution is 0.0609. The van der Waals surface area contributed by atoms with Crippen LogP contribution in [0.4, 0.5) is 0 Å². The van der Waals surface area contributed by atoms with Crippen molar-refractivity contribution < 1.29 is 13.5 Å². The van der Waals surface area contributed by atoms with Crippen molar-refractivity contribution >= 4 is 10.2 Å². The molecule has 0 saturated heterocycles. The Labute approximate surface area is 92.7 Å². The SMILES string of the molecule is CCC(C)(O)CNS(=O)(=O)N(C)C(C)C. The lowest BCUT2D eigenvalue weighted by atomic mass is 10.1. The maximum absolute atomic E-state index is 11.6. The number of rotatable bonds is 6. The Morgan fingerprint density at radius 3 is 2.27 bits per heavy atom. The Kier molecular flexibility index (Phi) is 5.19. The topological polar surface area (TPSA) is 69.6 Å². The number of hydrogen-bond donors (Lipinski definition) is 2. The second-order valence-electron chi connectivity index (χ2n) is 4.29. The van der Waals surface area contributed by atoms with Crippen molar-refractivity contribution in [1.29, 1.82) is 0 Å². The predicted molar refractivity (Wildman–Crippen MR) is 60.7 cm³/mol. The fourth-order valence-electron chi connectivity index (χ4n) is 0.751. The van der Waals surface area contributed by atoms with Gasteiger partial charge in [-0.2, -0.15) is 17.4 Å². The zero-order chi connectivity index (χ0) is 12.3. The summed E-state index contributed by atoms with van der Waals surface area (Å²) in [6.07, 6.45) is 0.501. The van der Waals surface area contributed by atoms with Crippen LogP contribution in [0, 0.1) is 0 Å². The molecular formula is C9H22N2O3S. The zero-order valence-corrected chi connectivity index (χ0v) is 10.9. The van der Waals surface area contributed by atoms with Crippen molar-refractivity contribution in [2.24, 2.45) is 0 Å². The van der Waals surface area contributed by atoms with Crippen molar-refractivity contribution in [2.45, 2.75) is 45.8 Å². The highest BCUT2D eigenvalue weighted by atomic mass is 32.2. The molecule has 0 aromatic heterocycles. The van der Waals surface area contributed by atoms with E-state index in [0.717, 1.165) is 0 Å². The molecule has 0 aliphatic heterocycles. The molecule has 92 valence electrons. The fraction of sp³-hybridized carbons (Fsp3) is 1.00. The van der Waals surface area contributed by atoms with Crippen LogP contribution in [-0.4, -0.2) is 43.1 Å². The Bertz CT molecular complexity index is 286. The highest BCUT2D eigenvalue weighted by molar-refractivity contribution is 7.87. The highest BCUT2D eigenvalue weighted by Crippen LogP contribution is 2.08. The first-order valence-corrected chi connectivity index (χ1v) is 6.51. The molecule has 0 aliphatic rings. The van der Waals surface area contributed by atoms with Gasteiger partial charge in [-0.05, 0) is 27.2 Å². The van der Waals surface area contributed by atoms with Gasteiger partial charge in [-0.15, -0.1) is 0 Å². The van der Waals surface area contributed by atoms with Crippen molar-refractivity contribution in [1.82, 2.24) is 9.03 Å². The average molecular weight is 238 g/mol. The van der Waals surface area contributed by atoms with E-state index < -0.39 is 15.8 Å². The van der Waals surface area contributed by atoms with Crippen LogP contribution in [0.1, 0.15) is 34.1 Å². The van der Waals surface area contributed by atoms with Crippen LogP contribution < -0.4 is 4.72 Å². The van der Waals surface area contributed by atoms with Gasteiger partial charge in [-0.1, -0.05) is 6.92 Å². The number of hydrogen-bond acceptors (Lipinski definition) is 3. The molecule has 5 nitrogen and oxygen atoms in total. The lowest BCUT2D eigenvalue weighted by Crippen LogP contribution is -2.47. The lowest BCUT2D eigenvalue weighted by Gasteiger charge is -2.25. The van der Waals surface area contributed by atoms with E-state index in [1.165, 1.54) is 11.4 Å². The standard InChI is InChI=1S/C9H22N2O3S/c1-6-9(4,12)7-10-15(13,14)11(5)8(2)3/h8,10,12H,6-7H2,1-5H3. The summed E-state index contributed by atoms with van der Waals surface area (Å²) in [5.74, 6) is 0. The van der Waals surface area contributed by atoms with Gasteiger partial charge in [0, 0.05) is 19.6 Å². The largest absolute Gasteiger partial charge is 0.389 e. The second kappa shape index (κ2) is 5.25. The molecule has 0 aliphatic carbocycles. The van der Waals surface area contributed by atoms with Gasteiger partial charge in [-0.3, -0.25) is 0 Å². The minimum absolute atomic E-state index is 0.0306. The molecule has 0 rings (SSSR count). The summed E-state index contributed by atoms with van der Waals surface area (Å²) in [6, 6.07) is -0.103. The Balaban J connectivity index is 4.42. The normalized spacial score (nSPS) is 17.1. The molecule has 2 N–H and O–H groups in total. The van der Waals surface area contributed by atoms with E-state index in [-0.39, 0.29) is 12.6 Å². The molecule has 15 heavy (non-hydrogen) atoms. The van der Waals surface area contributed by atoms with Gasteiger partial charge in [0.25, 0.3) is 10.2 Å². The fourth-order valence-corrected chi connectivity index (χ4v) is 2.00. The molecule has 0 amide bonds. The molecule has 1 unspecified atom stereocenters. The van der Waals surface area contributed by atoms with E-state index in [0.29, 0.717) is 6.42 Å². The average Bonchev–Trinajstić information content (AvgIpc) is 2.14. The van der Waals surface area contributed by atoms with Gasteiger partial charge in [0.1, 0.15) is 0 Å². The van der Waals surface area contributed by atoms with Crippen molar-refractivity contribution in [3.63, 3.8) is 0 Å². The molecule has 0 bridgehead atoms. The molecule has 6 heteroatoms. The van der Waals surface area contributed by atoms with Crippen LogP contribution in [0.2, 0.25) is 0 Å². The van der Waals surface area contributed by atoms with Crippen LogP contribution in [0.15, 0.2) is 0 Å². The first-order valence-electron chi connectivity index (χ1n) is 5.07. The van der Waals surface area contributed by atoms with Gasteiger partial charge in [0.2, 0.25) is 0 Å². The first-order chi connectivity index (χ1) is 6.62. The third-order valence-corrected chi connectivity index (χ3v) is 4.19. The molecule has 1 atom stereocenters. The summed E-state index contributed by atoms with van der Waals surface area (Å²) in [6.45, 7) is 7.02. The molecule has 0 aromatic rings. The first kappa shape index (κ1) is 14.8. The molecule has 0 heterocycles. The van der Waals surface area contributed by atoms with Crippen molar-refractivity contribution in [3.05, 3.63) is 0 Å². The summed E-state index contributed by atoms with van der Waals surface area (Å²) in [5.41, 5.74) is -0.995. The molecule has 0 radical (unpaired) electrons. The van der Waals surface area contributed by atoms with Gasteiger partial charge in [-0.25, -0.2) is 0 Å². The maximum Gasteiger partial charge on any atom is 0.279 e. The second-order valence-corrected chi connectivity index (χ2v) is 6.10. The van der Waals surface area contributed by atoms with E-state index in [2.05, 4.69) is 4.72 Å². The third-order valence-electron chi connectivity index (χ3n) is 2.50. The van der Waals surface area contributed by atoms with Crippen LogP contribution in [0.25, 0.3) is 0 Å². The van der Waals surface area contributed by atoms with Gasteiger partial charge < -0.3 is 5.11 Å². The quantitative estimate of drug-likeness (QED) is 0.700. The smallest absolute Gasteiger partial charge is 0.279 e. The predicted octanol–water partition coefficient (Wildman–Crippen LogP) is 0.322. The summed E-state index contributed by atoms with van der Waals surface area (Å²) < 4.78 is 26.9. The van der Waals surface area contributed by atoms with Crippen molar-refractivity contribution in [3.8, 4) is 0 Å². The molecular weight excluding hydrogens is 216 g/mol. The molecule has 0 saturated carbocycles. The van der Waals surface area contributed by atoms with E-state index in [9.17, 15) is 13.5 Å². The summed E-state index contributed by atoms with van der Waals surface area (Å²) in [4.78, 5) is 0. The van der Waals surface area contributed by atoms with Crippen LogP contribution in [-0.2, 0) is 10.2 Å². The van der Waals surface area contributed by atoms with Crippen LogP contribution in [0.5, 0.6) is 0 Å². The summed E-state index contributed by atoms with van der Waals surface area (Å²) in [7, 11) is -1.97. The minimum atomic E-state index is -3.48. The monoisotopic (exact) mass is 238 g/mol. The van der Waals surface area contributed by atoms with E-state index >= 15 is 0 Å². The molecule has 0 spiro atoms. The Morgan fingerprint density at radius 1 is 1.47 bits per heavy atom. The minimum Gasteiger partial charge on any atom is -0.389 e.